The van der Waals surface area contributed by atoms with Gasteiger partial charge in [0.25, 0.3) is 0 Å². The van der Waals surface area contributed by atoms with Gasteiger partial charge in [-0.15, -0.1) is 0 Å². The number of hydrogen-bond donors (Lipinski definition) is 1. The second-order valence-electron chi connectivity index (χ2n) is 2.19. The van der Waals surface area contributed by atoms with Gasteiger partial charge in [-0.3, -0.25) is 0 Å². The lowest BCUT2D eigenvalue weighted by molar-refractivity contribution is 0.486. The lowest BCUT2D eigenvalue weighted by Crippen LogP contribution is -2.21. The first kappa shape index (κ1) is 5.76. The molecule has 0 heterocycles. The van der Waals surface area contributed by atoms with Crippen molar-refractivity contribution in [1.29, 1.82) is 0 Å². The predicted octanol–water partition coefficient (Wildman–Crippen LogP) is 1.35. The molecule has 2 N–H and O–H groups in total. The fraction of sp³-hybridized carbons (Fsp3) is 0.667. The average molecular weight is 115 g/mol. The summed E-state index contributed by atoms with van der Waals surface area (Å²) in [6.45, 7) is 0. The zero-order valence-corrected chi connectivity index (χ0v) is 4.73. The molecular weight excluding hydrogens is 105 g/mol. The molecule has 1 atom stereocenters. The molecule has 0 saturated carbocycles. The van der Waals surface area contributed by atoms with E-state index in [0.717, 1.165) is 12.8 Å². The maximum Gasteiger partial charge on any atom is 0.0975 e. The van der Waals surface area contributed by atoms with Crippen LogP contribution in [0.2, 0.25) is 0 Å². The quantitative estimate of drug-likeness (QED) is 0.506. The molecule has 1 rings (SSSR count). The van der Waals surface area contributed by atoms with Crippen molar-refractivity contribution in [2.24, 2.45) is 5.73 Å². The van der Waals surface area contributed by atoms with Crippen molar-refractivity contribution in [3.63, 3.8) is 0 Å². The van der Waals surface area contributed by atoms with Crippen LogP contribution < -0.4 is 5.73 Å². The van der Waals surface area contributed by atoms with Gasteiger partial charge < -0.3 is 5.73 Å². The number of hydrogen-bond acceptors (Lipinski definition) is 1. The van der Waals surface area contributed by atoms with Crippen LogP contribution in [0.3, 0.4) is 0 Å². The van der Waals surface area contributed by atoms with Crippen LogP contribution in [0.15, 0.2) is 11.9 Å². The number of allylic oxidation sites excluding steroid dienone is 1. The molecule has 2 heteroatoms. The van der Waals surface area contributed by atoms with Crippen molar-refractivity contribution in [3.05, 3.63) is 11.9 Å². The van der Waals surface area contributed by atoms with Gasteiger partial charge in [-0.1, -0.05) is 6.08 Å². The zero-order valence-electron chi connectivity index (χ0n) is 4.73. The van der Waals surface area contributed by atoms with E-state index >= 15 is 0 Å². The third kappa shape index (κ3) is 1.30. The van der Waals surface area contributed by atoms with Gasteiger partial charge in [0.15, 0.2) is 0 Å². The largest absolute Gasteiger partial charge is 0.327 e. The van der Waals surface area contributed by atoms with E-state index in [-0.39, 0.29) is 11.9 Å². The highest BCUT2D eigenvalue weighted by Crippen LogP contribution is 2.16. The molecule has 0 aromatic heterocycles. The van der Waals surface area contributed by atoms with Gasteiger partial charge in [-0.25, -0.2) is 4.39 Å². The Morgan fingerprint density at radius 3 is 2.88 bits per heavy atom. The lowest BCUT2D eigenvalue weighted by atomic mass is 10.0. The van der Waals surface area contributed by atoms with Crippen LogP contribution in [0.25, 0.3) is 0 Å². The van der Waals surface area contributed by atoms with E-state index in [1.165, 1.54) is 0 Å². The molecule has 0 aromatic carbocycles. The molecule has 8 heavy (non-hydrogen) atoms. The third-order valence-electron chi connectivity index (χ3n) is 1.36. The second kappa shape index (κ2) is 2.27. The highest BCUT2D eigenvalue weighted by molar-refractivity contribution is 4.99. The van der Waals surface area contributed by atoms with Crippen molar-refractivity contribution in [2.75, 3.05) is 0 Å². The van der Waals surface area contributed by atoms with Crippen LogP contribution in [0, 0.1) is 0 Å². The average Bonchev–Trinajstić information content (AvgIpc) is 1.64. The monoisotopic (exact) mass is 115 g/mol. The Hall–Kier alpha value is -0.370. The molecule has 0 aliphatic heterocycles. The van der Waals surface area contributed by atoms with Gasteiger partial charge in [-0.05, 0) is 12.8 Å². The summed E-state index contributed by atoms with van der Waals surface area (Å²) >= 11 is 0. The molecule has 0 bridgehead atoms. The Labute approximate surface area is 48.4 Å². The summed E-state index contributed by atoms with van der Waals surface area (Å²) in [6.07, 6.45) is 3.81. The van der Waals surface area contributed by atoms with Crippen LogP contribution >= 0.6 is 0 Å². The summed E-state index contributed by atoms with van der Waals surface area (Å²) in [7, 11) is 0. The molecule has 1 nitrogen and oxygen atoms in total. The minimum absolute atomic E-state index is 0.0382. The van der Waals surface area contributed by atoms with E-state index in [9.17, 15) is 4.39 Å². The Morgan fingerprint density at radius 1 is 1.75 bits per heavy atom. The minimum atomic E-state index is -0.0382. The standard InChI is InChI=1S/C6H10FN/c7-5-2-1-3-6(8)4-5/h2,6H,1,3-4,8H2. The molecule has 0 saturated heterocycles. The van der Waals surface area contributed by atoms with Crippen molar-refractivity contribution in [1.82, 2.24) is 0 Å². The molecule has 0 fully saturated rings. The first-order chi connectivity index (χ1) is 3.79. The van der Waals surface area contributed by atoms with Crippen molar-refractivity contribution >= 4 is 0 Å². The van der Waals surface area contributed by atoms with Gasteiger partial charge in [0, 0.05) is 12.5 Å². The van der Waals surface area contributed by atoms with Crippen LogP contribution in [0.5, 0.6) is 0 Å². The molecule has 1 unspecified atom stereocenters. The number of rotatable bonds is 0. The SMILES string of the molecule is NC1CCC=C(F)C1. The highest BCUT2D eigenvalue weighted by Gasteiger charge is 2.09. The molecule has 46 valence electrons. The zero-order chi connectivity index (χ0) is 5.98. The molecule has 0 amide bonds. The maximum atomic E-state index is 12.2. The van der Waals surface area contributed by atoms with Crippen molar-refractivity contribution < 1.29 is 4.39 Å². The summed E-state index contributed by atoms with van der Waals surface area (Å²) in [5, 5.41) is 0. The number of halogens is 1. The Balaban J connectivity index is 2.45. The summed E-state index contributed by atoms with van der Waals surface area (Å²) < 4.78 is 12.2. The molecule has 1 aliphatic carbocycles. The van der Waals surface area contributed by atoms with Gasteiger partial charge in [-0.2, -0.15) is 0 Å². The van der Waals surface area contributed by atoms with Crippen molar-refractivity contribution in [3.8, 4) is 0 Å². The molecule has 0 aromatic rings. The second-order valence-corrected chi connectivity index (χ2v) is 2.19. The normalized spacial score (nSPS) is 29.8. The van der Waals surface area contributed by atoms with Crippen LogP contribution in [0.1, 0.15) is 19.3 Å². The predicted molar refractivity (Wildman–Crippen MR) is 31.0 cm³/mol. The minimum Gasteiger partial charge on any atom is -0.327 e. The first-order valence-corrected chi connectivity index (χ1v) is 2.89. The van der Waals surface area contributed by atoms with E-state index in [1.54, 1.807) is 6.08 Å². The first-order valence-electron chi connectivity index (χ1n) is 2.89. The molecular formula is C6H10FN. The Bertz CT molecular complexity index is 109. The van der Waals surface area contributed by atoms with Gasteiger partial charge in [0.1, 0.15) is 0 Å². The van der Waals surface area contributed by atoms with Gasteiger partial charge in [0.2, 0.25) is 0 Å². The fourth-order valence-electron chi connectivity index (χ4n) is 0.890. The van der Waals surface area contributed by atoms with E-state index in [1.807, 2.05) is 0 Å². The van der Waals surface area contributed by atoms with E-state index in [2.05, 4.69) is 0 Å². The fourth-order valence-corrected chi connectivity index (χ4v) is 0.890. The Morgan fingerprint density at radius 2 is 2.50 bits per heavy atom. The van der Waals surface area contributed by atoms with E-state index in [0.29, 0.717) is 6.42 Å². The highest BCUT2D eigenvalue weighted by atomic mass is 19.1. The lowest BCUT2D eigenvalue weighted by Gasteiger charge is -2.12. The Kier molecular flexibility index (Phi) is 1.63. The molecule has 0 radical (unpaired) electrons. The van der Waals surface area contributed by atoms with Gasteiger partial charge in [0.05, 0.1) is 5.83 Å². The molecule has 0 spiro atoms. The smallest absolute Gasteiger partial charge is 0.0975 e. The topological polar surface area (TPSA) is 26.0 Å². The summed E-state index contributed by atoms with van der Waals surface area (Å²) in [6, 6.07) is 0.0694. The summed E-state index contributed by atoms with van der Waals surface area (Å²) in [4.78, 5) is 0. The van der Waals surface area contributed by atoms with E-state index < -0.39 is 0 Å². The van der Waals surface area contributed by atoms with Crippen molar-refractivity contribution in [2.45, 2.75) is 25.3 Å². The summed E-state index contributed by atoms with van der Waals surface area (Å²) in [5.74, 6) is -0.0382. The number of nitrogens with two attached hydrogens (primary N) is 1. The maximum absolute atomic E-state index is 12.2. The van der Waals surface area contributed by atoms with Crippen LogP contribution in [0.4, 0.5) is 4.39 Å². The van der Waals surface area contributed by atoms with Gasteiger partial charge >= 0.3 is 0 Å². The van der Waals surface area contributed by atoms with Crippen LogP contribution in [-0.2, 0) is 0 Å². The van der Waals surface area contributed by atoms with E-state index in [4.69, 9.17) is 5.73 Å². The molecule has 1 aliphatic rings. The van der Waals surface area contributed by atoms with Crippen LogP contribution in [-0.4, -0.2) is 6.04 Å². The third-order valence-corrected chi connectivity index (χ3v) is 1.36. The summed E-state index contributed by atoms with van der Waals surface area (Å²) in [5.41, 5.74) is 5.44.